The number of carbonyl (C=O) groups is 3. The summed E-state index contributed by atoms with van der Waals surface area (Å²) in [7, 11) is -5.20. The van der Waals surface area contributed by atoms with Crippen molar-refractivity contribution in [3.8, 4) is 0 Å². The summed E-state index contributed by atoms with van der Waals surface area (Å²) < 4.78 is 55.4. The molecule has 14 heteroatoms. The molecule has 0 aliphatic carbocycles. The molecule has 1 aliphatic rings. The summed E-state index contributed by atoms with van der Waals surface area (Å²) in [5.41, 5.74) is 3.89. The molecular formula is C51H73NO12S. The Bertz CT molecular complexity index is 1870. The van der Waals surface area contributed by atoms with Crippen LogP contribution < -0.4 is 5.32 Å². The van der Waals surface area contributed by atoms with Crippen LogP contribution in [0, 0.1) is 0 Å². The third-order valence-electron chi connectivity index (χ3n) is 11.9. The second-order valence-corrected chi connectivity index (χ2v) is 18.3. The van der Waals surface area contributed by atoms with Crippen LogP contribution >= 0.6 is 0 Å². The van der Waals surface area contributed by atoms with Gasteiger partial charge < -0.3 is 29.7 Å². The van der Waals surface area contributed by atoms with Gasteiger partial charge in [0.25, 0.3) is 5.91 Å². The number of hydrogen-bond donors (Lipinski definition) is 4. The van der Waals surface area contributed by atoms with Crippen LogP contribution in [0.4, 0.5) is 0 Å². The molecule has 360 valence electrons. The van der Waals surface area contributed by atoms with E-state index >= 15 is 0 Å². The first-order valence-electron chi connectivity index (χ1n) is 23.9. The molecule has 2 unspecified atom stereocenters. The Morgan fingerprint density at radius 3 is 1.45 bits per heavy atom. The van der Waals surface area contributed by atoms with Crippen LogP contribution in [-0.2, 0) is 62.4 Å². The third kappa shape index (κ3) is 22.2. The van der Waals surface area contributed by atoms with E-state index in [4.69, 9.17) is 18.4 Å². The van der Waals surface area contributed by atoms with Crippen LogP contribution in [0.1, 0.15) is 145 Å². The van der Waals surface area contributed by atoms with Crippen LogP contribution in [-0.4, -0.2) is 84.4 Å². The molecule has 13 nitrogen and oxygen atoms in total. The van der Waals surface area contributed by atoms with Crippen molar-refractivity contribution >= 4 is 28.2 Å². The first kappa shape index (κ1) is 53.4. The molecule has 1 saturated heterocycles. The average Bonchev–Trinajstić information content (AvgIpc) is 3.29. The second kappa shape index (κ2) is 30.9. The summed E-state index contributed by atoms with van der Waals surface area (Å²) >= 11 is 0. The molecule has 1 amide bonds. The lowest BCUT2D eigenvalue weighted by Crippen LogP contribution is -2.67. The predicted molar refractivity (Wildman–Crippen MR) is 249 cm³/mol. The van der Waals surface area contributed by atoms with E-state index < -0.39 is 71.6 Å². The van der Waals surface area contributed by atoms with Gasteiger partial charge in [0.05, 0.1) is 6.61 Å². The lowest BCUT2D eigenvalue weighted by molar-refractivity contribution is -0.254. The van der Waals surface area contributed by atoms with Gasteiger partial charge in [0, 0.05) is 12.8 Å². The number of hydrogen-bond acceptors (Lipinski definition) is 11. The number of esters is 2. The molecule has 1 heterocycles. The molecule has 3 aromatic rings. The average molecular weight is 924 g/mol. The molecule has 6 atom stereocenters. The minimum atomic E-state index is -5.20. The van der Waals surface area contributed by atoms with Gasteiger partial charge in [-0.15, -0.1) is 0 Å². The molecule has 1 aliphatic heterocycles. The van der Waals surface area contributed by atoms with E-state index in [0.29, 0.717) is 19.3 Å². The van der Waals surface area contributed by atoms with Gasteiger partial charge >= 0.3 is 22.3 Å². The maximum atomic E-state index is 14.0. The van der Waals surface area contributed by atoms with Crippen molar-refractivity contribution in [1.82, 2.24) is 5.32 Å². The lowest BCUT2D eigenvalue weighted by atomic mass is 9.96. The molecule has 3 aromatic carbocycles. The van der Waals surface area contributed by atoms with Crippen LogP contribution in [0.3, 0.4) is 0 Å². The van der Waals surface area contributed by atoms with Crippen LogP contribution in [0.15, 0.2) is 91.0 Å². The highest BCUT2D eigenvalue weighted by Gasteiger charge is 2.51. The number of benzene rings is 3. The minimum absolute atomic E-state index is 0.0558. The van der Waals surface area contributed by atoms with Crippen molar-refractivity contribution < 1.29 is 56.0 Å². The van der Waals surface area contributed by atoms with E-state index in [-0.39, 0.29) is 19.3 Å². The summed E-state index contributed by atoms with van der Waals surface area (Å²) in [6.45, 7) is -0.879. The summed E-state index contributed by atoms with van der Waals surface area (Å²) in [5, 5.41) is 23.7. The van der Waals surface area contributed by atoms with E-state index in [1.165, 1.54) is 16.7 Å². The van der Waals surface area contributed by atoms with Gasteiger partial charge in [0.15, 0.2) is 18.5 Å². The van der Waals surface area contributed by atoms with Gasteiger partial charge in [-0.1, -0.05) is 162 Å². The van der Waals surface area contributed by atoms with Crippen molar-refractivity contribution in [1.29, 1.82) is 0 Å². The predicted octanol–water partition coefficient (Wildman–Crippen LogP) is 8.72. The van der Waals surface area contributed by atoms with Crippen LogP contribution in [0.2, 0.25) is 0 Å². The molecule has 0 saturated carbocycles. The Kier molecular flexibility index (Phi) is 25.4. The molecule has 0 spiro atoms. The topological polar surface area (TPSA) is 195 Å². The quantitative estimate of drug-likeness (QED) is 0.0258. The fourth-order valence-corrected chi connectivity index (χ4v) is 8.79. The van der Waals surface area contributed by atoms with E-state index in [2.05, 4.69) is 41.7 Å². The van der Waals surface area contributed by atoms with Crippen molar-refractivity contribution in [2.45, 2.75) is 184 Å². The number of carbonyl (C=O) groups excluding carboxylic acids is 3. The number of aliphatic hydroxyl groups excluding tert-OH is 2. The van der Waals surface area contributed by atoms with Crippen molar-refractivity contribution in [2.75, 3.05) is 6.61 Å². The number of rotatable bonds is 33. The van der Waals surface area contributed by atoms with Crippen molar-refractivity contribution in [2.24, 2.45) is 0 Å². The fourth-order valence-electron chi connectivity index (χ4n) is 8.28. The zero-order chi connectivity index (χ0) is 46.5. The largest absolute Gasteiger partial charge is 0.457 e. The maximum Gasteiger partial charge on any atom is 0.397 e. The van der Waals surface area contributed by atoms with Gasteiger partial charge in [-0.05, 0) is 80.9 Å². The monoisotopic (exact) mass is 923 g/mol. The first-order chi connectivity index (χ1) is 31.5. The molecular weight excluding hydrogens is 851 g/mol. The van der Waals surface area contributed by atoms with Gasteiger partial charge in [-0.3, -0.25) is 18.9 Å². The third-order valence-corrected chi connectivity index (χ3v) is 12.3. The van der Waals surface area contributed by atoms with E-state index in [1.54, 1.807) is 0 Å². The van der Waals surface area contributed by atoms with E-state index in [0.717, 1.165) is 109 Å². The first-order valence-corrected chi connectivity index (χ1v) is 25.3. The summed E-state index contributed by atoms with van der Waals surface area (Å²) in [6.07, 6.45) is 9.90. The van der Waals surface area contributed by atoms with Crippen LogP contribution in [0.5, 0.6) is 0 Å². The molecule has 0 bridgehead atoms. The number of aliphatic hydroxyl groups is 2. The smallest absolute Gasteiger partial charge is 0.397 e. The minimum Gasteiger partial charge on any atom is -0.457 e. The zero-order valence-electron chi connectivity index (χ0n) is 38.0. The Morgan fingerprint density at radius 1 is 0.585 bits per heavy atom. The highest BCUT2D eigenvalue weighted by molar-refractivity contribution is 7.80. The highest BCUT2D eigenvalue weighted by atomic mass is 32.3. The standard InChI is InChI=1S/C51H73NO12S/c53-39-44-48(64-65(58,59)60)49(63-46(55)38-26-11-4-2-7-16-28-41-32-20-13-21-33-41)47(51(57)62-44)52-50(56)43(36-24-9-5-8-17-29-42-34-22-14-23-35-42)61-45(54)37-25-10-3-1-6-15-27-40-30-18-12-19-31-40/h12-14,18-23,30-35,43-44,47-49,51,53,57H,1-11,15-17,24-29,36-39H2,(H,52,56)(H,58,59,60)/t43?,44-,47-,48-,49-,51?/m1/s1. The molecule has 1 fully saturated rings. The van der Waals surface area contributed by atoms with Crippen molar-refractivity contribution in [3.63, 3.8) is 0 Å². The van der Waals surface area contributed by atoms with Gasteiger partial charge in [-0.25, -0.2) is 4.18 Å². The Labute approximate surface area is 386 Å². The second-order valence-electron chi connectivity index (χ2n) is 17.2. The molecule has 4 N–H and O–H groups in total. The Morgan fingerprint density at radius 2 is 1.00 bits per heavy atom. The van der Waals surface area contributed by atoms with E-state index in [1.807, 2.05) is 54.6 Å². The number of aryl methyl sites for hydroxylation is 3. The zero-order valence-corrected chi connectivity index (χ0v) is 38.8. The Balaban J connectivity index is 1.32. The summed E-state index contributed by atoms with van der Waals surface area (Å²) in [6, 6.07) is 29.2. The number of amides is 1. The molecule has 4 rings (SSSR count). The number of ether oxygens (including phenoxy) is 3. The lowest BCUT2D eigenvalue weighted by Gasteiger charge is -2.43. The van der Waals surface area contributed by atoms with Crippen molar-refractivity contribution in [3.05, 3.63) is 108 Å². The summed E-state index contributed by atoms with van der Waals surface area (Å²) in [4.78, 5) is 40.5. The van der Waals surface area contributed by atoms with Gasteiger partial charge in [0.1, 0.15) is 18.2 Å². The molecule has 65 heavy (non-hydrogen) atoms. The summed E-state index contributed by atoms with van der Waals surface area (Å²) in [5.74, 6) is -2.13. The maximum absolute atomic E-state index is 14.0. The number of unbranched alkanes of at least 4 members (excludes halogenated alkanes) is 14. The van der Waals surface area contributed by atoms with E-state index in [9.17, 15) is 37.6 Å². The van der Waals surface area contributed by atoms with Gasteiger partial charge in [-0.2, -0.15) is 8.42 Å². The fraction of sp³-hybridized carbons (Fsp3) is 0.588. The number of nitrogens with one attached hydrogen (secondary N) is 1. The Hall–Kier alpha value is -4.18. The van der Waals surface area contributed by atoms with Crippen LogP contribution in [0.25, 0.3) is 0 Å². The SMILES string of the molecule is O=C(CCCCCCCCc1ccccc1)OC(CCCCCCCc1ccccc1)C(=O)N[C@H]1C(O)O[C@H](CO)[C@@H](OS(=O)(=O)O)[C@@H]1OC(=O)CCCCCCCCc1ccccc1. The normalized spacial score (nSPS) is 19.0. The molecule has 0 radical (unpaired) electrons. The highest BCUT2D eigenvalue weighted by Crippen LogP contribution is 2.28. The van der Waals surface area contributed by atoms with Gasteiger partial charge in [0.2, 0.25) is 0 Å². The molecule has 0 aromatic heterocycles.